The monoisotopic (exact) mass is 290 g/mol. The summed E-state index contributed by atoms with van der Waals surface area (Å²) in [6.45, 7) is 2.10. The molecule has 20 heavy (non-hydrogen) atoms. The van der Waals surface area contributed by atoms with Crippen molar-refractivity contribution in [3.8, 4) is 16.4 Å². The smallest absolute Gasteiger partial charge is 0.234 e. The van der Waals surface area contributed by atoms with E-state index in [0.717, 1.165) is 10.6 Å². The van der Waals surface area contributed by atoms with E-state index in [2.05, 4.69) is 20.5 Å². The number of benzene rings is 1. The van der Waals surface area contributed by atoms with Gasteiger partial charge in [-0.3, -0.25) is 0 Å². The van der Waals surface area contributed by atoms with Gasteiger partial charge in [-0.05, 0) is 31.2 Å². The van der Waals surface area contributed by atoms with Crippen molar-refractivity contribution in [3.63, 3.8) is 0 Å². The molecule has 0 saturated carbocycles. The summed E-state index contributed by atoms with van der Waals surface area (Å²) >= 11 is 1.40. The van der Waals surface area contributed by atoms with E-state index in [1.807, 2.05) is 6.92 Å². The van der Waals surface area contributed by atoms with E-state index in [-0.39, 0.29) is 12.4 Å². The summed E-state index contributed by atoms with van der Waals surface area (Å²) in [6.07, 6.45) is 0. The molecule has 0 amide bonds. The third kappa shape index (κ3) is 2.19. The van der Waals surface area contributed by atoms with Gasteiger partial charge in [-0.1, -0.05) is 16.6 Å². The molecule has 3 rings (SSSR count). The second-order valence-corrected chi connectivity index (χ2v) is 5.27. The predicted octanol–water partition coefficient (Wildman–Crippen LogP) is 1.69. The Labute approximate surface area is 118 Å². The Hall–Kier alpha value is -2.19. The molecule has 2 N–H and O–H groups in total. The minimum Gasteiger partial charge on any atom is -0.325 e. The Morgan fingerprint density at radius 2 is 1.95 bits per heavy atom. The molecule has 0 radical (unpaired) electrons. The van der Waals surface area contributed by atoms with Crippen LogP contribution in [0, 0.1) is 12.7 Å². The number of hydrogen-bond acceptors (Lipinski definition) is 6. The lowest BCUT2D eigenvalue weighted by Gasteiger charge is -2.04. The molecule has 0 aliphatic rings. The standard InChI is InChI=1S/C12H11FN6S/c1-7-15-17-12(20-7)19-11(10(6-14)16-18-19)8-2-4-9(13)5-3-8/h2-5H,6,14H2,1H3. The summed E-state index contributed by atoms with van der Waals surface area (Å²) in [4.78, 5) is 0. The summed E-state index contributed by atoms with van der Waals surface area (Å²) in [7, 11) is 0. The van der Waals surface area contributed by atoms with Crippen LogP contribution in [0.1, 0.15) is 10.7 Å². The van der Waals surface area contributed by atoms with Crippen molar-refractivity contribution in [3.05, 3.63) is 40.8 Å². The Kier molecular flexibility index (Phi) is 3.25. The average molecular weight is 290 g/mol. The summed E-state index contributed by atoms with van der Waals surface area (Å²) in [5.41, 5.74) is 7.81. The van der Waals surface area contributed by atoms with Crippen molar-refractivity contribution in [2.24, 2.45) is 5.73 Å². The Balaban J connectivity index is 2.17. The first kappa shape index (κ1) is 12.8. The van der Waals surface area contributed by atoms with Crippen molar-refractivity contribution in [2.75, 3.05) is 0 Å². The molecule has 0 atom stereocenters. The Bertz CT molecular complexity index is 733. The molecule has 0 bridgehead atoms. The fourth-order valence-electron chi connectivity index (χ4n) is 1.85. The van der Waals surface area contributed by atoms with Crippen LogP contribution in [-0.2, 0) is 6.54 Å². The number of rotatable bonds is 3. The molecule has 0 aliphatic heterocycles. The van der Waals surface area contributed by atoms with Crippen molar-refractivity contribution in [1.82, 2.24) is 25.2 Å². The molecule has 2 aromatic heterocycles. The van der Waals surface area contributed by atoms with Crippen molar-refractivity contribution >= 4 is 11.3 Å². The van der Waals surface area contributed by atoms with Crippen LogP contribution in [0.4, 0.5) is 4.39 Å². The zero-order valence-corrected chi connectivity index (χ0v) is 11.4. The lowest BCUT2D eigenvalue weighted by Crippen LogP contribution is -2.02. The van der Waals surface area contributed by atoms with E-state index in [9.17, 15) is 4.39 Å². The first-order valence-electron chi connectivity index (χ1n) is 5.90. The summed E-state index contributed by atoms with van der Waals surface area (Å²) < 4.78 is 14.6. The summed E-state index contributed by atoms with van der Waals surface area (Å²) in [5.74, 6) is -0.297. The molecule has 1 aromatic carbocycles. The zero-order valence-electron chi connectivity index (χ0n) is 10.6. The van der Waals surface area contributed by atoms with Crippen LogP contribution in [0.25, 0.3) is 16.4 Å². The van der Waals surface area contributed by atoms with E-state index in [4.69, 9.17) is 5.73 Å². The molecule has 2 heterocycles. The third-order valence-corrected chi connectivity index (χ3v) is 3.56. The van der Waals surface area contributed by atoms with E-state index >= 15 is 0 Å². The minimum atomic E-state index is -0.297. The maximum Gasteiger partial charge on any atom is 0.234 e. The minimum absolute atomic E-state index is 0.241. The van der Waals surface area contributed by atoms with Crippen LogP contribution < -0.4 is 5.73 Å². The van der Waals surface area contributed by atoms with Crippen LogP contribution in [0.3, 0.4) is 0 Å². The van der Waals surface area contributed by atoms with Gasteiger partial charge < -0.3 is 5.73 Å². The lowest BCUT2D eigenvalue weighted by molar-refractivity contribution is 0.628. The fourth-order valence-corrected chi connectivity index (χ4v) is 2.49. The van der Waals surface area contributed by atoms with E-state index in [1.54, 1.807) is 16.8 Å². The van der Waals surface area contributed by atoms with Gasteiger partial charge in [0.25, 0.3) is 0 Å². The van der Waals surface area contributed by atoms with Crippen LogP contribution >= 0.6 is 11.3 Å². The molecule has 0 fully saturated rings. The molecular formula is C12H11FN6S. The maximum atomic E-state index is 13.1. The second kappa shape index (κ2) is 5.06. The van der Waals surface area contributed by atoms with Crippen molar-refractivity contribution in [1.29, 1.82) is 0 Å². The Morgan fingerprint density at radius 1 is 1.20 bits per heavy atom. The highest BCUT2D eigenvalue weighted by Crippen LogP contribution is 2.26. The van der Waals surface area contributed by atoms with E-state index in [0.29, 0.717) is 16.5 Å². The molecule has 8 heteroatoms. The molecule has 3 aromatic rings. The predicted molar refractivity (Wildman–Crippen MR) is 72.8 cm³/mol. The number of nitrogens with two attached hydrogens (primary N) is 1. The molecule has 0 saturated heterocycles. The van der Waals surface area contributed by atoms with Crippen LogP contribution in [0.15, 0.2) is 24.3 Å². The van der Waals surface area contributed by atoms with Gasteiger partial charge in [0.1, 0.15) is 22.2 Å². The van der Waals surface area contributed by atoms with E-state index < -0.39 is 0 Å². The topological polar surface area (TPSA) is 82.5 Å². The second-order valence-electron chi connectivity index (χ2n) is 4.11. The molecule has 0 unspecified atom stereocenters. The van der Waals surface area contributed by atoms with Gasteiger partial charge in [0, 0.05) is 12.1 Å². The highest BCUT2D eigenvalue weighted by molar-refractivity contribution is 7.13. The van der Waals surface area contributed by atoms with Gasteiger partial charge >= 0.3 is 0 Å². The maximum absolute atomic E-state index is 13.1. The van der Waals surface area contributed by atoms with Crippen LogP contribution in [0.5, 0.6) is 0 Å². The number of nitrogens with zero attached hydrogens (tertiary/aromatic N) is 5. The first-order chi connectivity index (χ1) is 9.69. The van der Waals surface area contributed by atoms with Gasteiger partial charge in [-0.2, -0.15) is 4.68 Å². The van der Waals surface area contributed by atoms with Crippen LogP contribution in [-0.4, -0.2) is 25.2 Å². The molecule has 6 nitrogen and oxygen atoms in total. The average Bonchev–Trinajstić information content (AvgIpc) is 3.05. The molecule has 0 spiro atoms. The summed E-state index contributed by atoms with van der Waals surface area (Å²) in [5, 5.41) is 17.6. The molecular weight excluding hydrogens is 279 g/mol. The first-order valence-corrected chi connectivity index (χ1v) is 6.71. The van der Waals surface area contributed by atoms with Crippen molar-refractivity contribution in [2.45, 2.75) is 13.5 Å². The van der Waals surface area contributed by atoms with Gasteiger partial charge in [0.2, 0.25) is 5.13 Å². The van der Waals surface area contributed by atoms with E-state index in [1.165, 1.54) is 23.5 Å². The van der Waals surface area contributed by atoms with Gasteiger partial charge in [0.15, 0.2) is 0 Å². The highest BCUT2D eigenvalue weighted by Gasteiger charge is 2.17. The number of halogens is 1. The number of hydrogen-bond donors (Lipinski definition) is 1. The highest BCUT2D eigenvalue weighted by atomic mass is 32.1. The number of aryl methyl sites for hydroxylation is 1. The van der Waals surface area contributed by atoms with Crippen molar-refractivity contribution < 1.29 is 4.39 Å². The fraction of sp³-hybridized carbons (Fsp3) is 0.167. The third-order valence-electron chi connectivity index (χ3n) is 2.75. The normalized spacial score (nSPS) is 10.9. The lowest BCUT2D eigenvalue weighted by atomic mass is 10.1. The quantitative estimate of drug-likeness (QED) is 0.793. The van der Waals surface area contributed by atoms with Gasteiger partial charge in [0.05, 0.1) is 0 Å². The van der Waals surface area contributed by atoms with Gasteiger partial charge in [-0.15, -0.1) is 15.3 Å². The molecule has 102 valence electrons. The van der Waals surface area contributed by atoms with Crippen LogP contribution in [0.2, 0.25) is 0 Å². The largest absolute Gasteiger partial charge is 0.325 e. The number of aromatic nitrogens is 5. The molecule has 0 aliphatic carbocycles. The van der Waals surface area contributed by atoms with Gasteiger partial charge in [-0.25, -0.2) is 4.39 Å². The zero-order chi connectivity index (χ0) is 14.1. The SMILES string of the molecule is Cc1nnc(-n2nnc(CN)c2-c2ccc(F)cc2)s1. The Morgan fingerprint density at radius 3 is 2.55 bits per heavy atom. The summed E-state index contributed by atoms with van der Waals surface area (Å²) in [6, 6.07) is 6.10.